The van der Waals surface area contributed by atoms with E-state index in [0.717, 1.165) is 53.1 Å². The Kier molecular flexibility index (Phi) is 7.22. The van der Waals surface area contributed by atoms with Gasteiger partial charge in [-0.15, -0.1) is 0 Å². The fourth-order valence-electron chi connectivity index (χ4n) is 4.46. The van der Waals surface area contributed by atoms with Gasteiger partial charge in [-0.25, -0.2) is 4.79 Å². The van der Waals surface area contributed by atoms with E-state index in [1.807, 2.05) is 26.0 Å². The van der Waals surface area contributed by atoms with Gasteiger partial charge in [0, 0.05) is 41.6 Å². The van der Waals surface area contributed by atoms with Gasteiger partial charge in [0.15, 0.2) is 0 Å². The zero-order chi connectivity index (χ0) is 24.2. The van der Waals surface area contributed by atoms with Gasteiger partial charge in [0.05, 0.1) is 13.7 Å². The normalized spacial score (nSPS) is 13.4. The molecule has 0 atom stereocenters. The van der Waals surface area contributed by atoms with Crippen LogP contribution in [0.3, 0.4) is 0 Å². The van der Waals surface area contributed by atoms with Crippen molar-refractivity contribution in [1.82, 2.24) is 4.90 Å². The van der Waals surface area contributed by atoms with Crippen LogP contribution in [0.5, 0.6) is 11.5 Å². The Morgan fingerprint density at radius 2 is 1.88 bits per heavy atom. The molecular formula is C27H31NO6. The molecule has 0 N–H and O–H groups in total. The van der Waals surface area contributed by atoms with Gasteiger partial charge in [0.1, 0.15) is 23.8 Å². The molecular weight excluding hydrogens is 434 g/mol. The van der Waals surface area contributed by atoms with Crippen molar-refractivity contribution in [3.63, 3.8) is 0 Å². The summed E-state index contributed by atoms with van der Waals surface area (Å²) in [5.74, 6) is 1.32. The molecule has 180 valence electrons. The van der Waals surface area contributed by atoms with Crippen molar-refractivity contribution in [1.29, 1.82) is 0 Å². The van der Waals surface area contributed by atoms with Gasteiger partial charge in [-0.1, -0.05) is 12.1 Å². The molecule has 1 aromatic heterocycles. The standard InChI is InChI=1S/C27H31NO6/c1-5-32-24(29)11-10-22-17(2)23-14-20-15-28(13-12-19-6-8-21(31-4)9-7-19)16-33-25(20)18(3)26(23)34-27(22)30/h6-9,14H,5,10-13,15-16H2,1-4H3. The molecule has 0 bridgehead atoms. The smallest absolute Gasteiger partial charge is 0.339 e. The third kappa shape index (κ3) is 4.94. The van der Waals surface area contributed by atoms with Crippen LogP contribution in [0.4, 0.5) is 0 Å². The minimum Gasteiger partial charge on any atom is -0.497 e. The number of esters is 1. The molecule has 0 radical (unpaired) electrons. The van der Waals surface area contributed by atoms with E-state index in [2.05, 4.69) is 23.1 Å². The predicted octanol–water partition coefficient (Wildman–Crippen LogP) is 4.31. The van der Waals surface area contributed by atoms with Crippen LogP contribution in [0.2, 0.25) is 0 Å². The lowest BCUT2D eigenvalue weighted by Gasteiger charge is -2.30. The monoisotopic (exact) mass is 465 g/mol. The van der Waals surface area contributed by atoms with E-state index < -0.39 is 5.63 Å². The first kappa shape index (κ1) is 23.8. The summed E-state index contributed by atoms with van der Waals surface area (Å²) < 4.78 is 22.0. The van der Waals surface area contributed by atoms with E-state index in [-0.39, 0.29) is 12.4 Å². The van der Waals surface area contributed by atoms with Gasteiger partial charge in [-0.2, -0.15) is 0 Å². The molecule has 7 nitrogen and oxygen atoms in total. The quantitative estimate of drug-likeness (QED) is 0.362. The summed E-state index contributed by atoms with van der Waals surface area (Å²) >= 11 is 0. The number of fused-ring (bicyclic) bond motifs is 2. The molecule has 4 rings (SSSR count). The summed E-state index contributed by atoms with van der Waals surface area (Å²) in [6, 6.07) is 10.2. The van der Waals surface area contributed by atoms with Gasteiger partial charge in [0.2, 0.25) is 0 Å². The highest BCUT2D eigenvalue weighted by Gasteiger charge is 2.24. The Bertz CT molecular complexity index is 1240. The van der Waals surface area contributed by atoms with Gasteiger partial charge in [-0.05, 0) is 62.9 Å². The first-order valence-electron chi connectivity index (χ1n) is 11.6. The average molecular weight is 466 g/mol. The molecule has 2 aromatic carbocycles. The summed E-state index contributed by atoms with van der Waals surface area (Å²) in [4.78, 5) is 26.7. The molecule has 1 aliphatic heterocycles. The first-order valence-corrected chi connectivity index (χ1v) is 11.6. The van der Waals surface area contributed by atoms with E-state index in [1.54, 1.807) is 14.0 Å². The zero-order valence-electron chi connectivity index (χ0n) is 20.2. The summed E-state index contributed by atoms with van der Waals surface area (Å²) in [5.41, 5.74) is 4.65. The number of benzene rings is 2. The fourth-order valence-corrected chi connectivity index (χ4v) is 4.46. The van der Waals surface area contributed by atoms with Crippen LogP contribution in [0.15, 0.2) is 39.5 Å². The fraction of sp³-hybridized carbons (Fsp3) is 0.407. The lowest BCUT2D eigenvalue weighted by atomic mass is 9.97. The minimum absolute atomic E-state index is 0.150. The van der Waals surface area contributed by atoms with Gasteiger partial charge in [-0.3, -0.25) is 9.69 Å². The summed E-state index contributed by atoms with van der Waals surface area (Å²) in [7, 11) is 1.67. The first-order chi connectivity index (χ1) is 16.4. The van der Waals surface area contributed by atoms with E-state index in [9.17, 15) is 9.59 Å². The van der Waals surface area contributed by atoms with Crippen molar-refractivity contribution >= 4 is 16.9 Å². The summed E-state index contributed by atoms with van der Waals surface area (Å²) in [6.07, 6.45) is 1.35. The average Bonchev–Trinajstić information content (AvgIpc) is 2.84. The Balaban J connectivity index is 1.55. The molecule has 7 heteroatoms. The lowest BCUT2D eigenvalue weighted by Crippen LogP contribution is -2.34. The Morgan fingerprint density at radius 1 is 1.12 bits per heavy atom. The van der Waals surface area contributed by atoms with Crippen molar-refractivity contribution in [3.8, 4) is 11.5 Å². The maximum atomic E-state index is 12.7. The number of hydrogen-bond acceptors (Lipinski definition) is 7. The number of rotatable bonds is 8. The highest BCUT2D eigenvalue weighted by Crippen LogP contribution is 2.36. The summed E-state index contributed by atoms with van der Waals surface area (Å²) in [5, 5.41) is 0.885. The van der Waals surface area contributed by atoms with Crippen LogP contribution in [0.25, 0.3) is 11.0 Å². The number of carbonyl (C=O) groups is 1. The van der Waals surface area contributed by atoms with Crippen LogP contribution in [0.1, 0.15) is 41.2 Å². The molecule has 0 aliphatic carbocycles. The number of carbonyl (C=O) groups excluding carboxylic acids is 1. The maximum Gasteiger partial charge on any atom is 0.339 e. The van der Waals surface area contributed by atoms with E-state index in [1.165, 1.54) is 5.56 Å². The lowest BCUT2D eigenvalue weighted by molar-refractivity contribution is -0.143. The third-order valence-corrected chi connectivity index (χ3v) is 6.38. The van der Waals surface area contributed by atoms with Crippen LogP contribution >= 0.6 is 0 Å². The number of hydrogen-bond donors (Lipinski definition) is 0. The number of ether oxygens (including phenoxy) is 3. The second-order valence-corrected chi connectivity index (χ2v) is 8.59. The largest absolute Gasteiger partial charge is 0.497 e. The van der Waals surface area contributed by atoms with Crippen LogP contribution in [-0.2, 0) is 28.9 Å². The molecule has 0 saturated heterocycles. The Hall–Kier alpha value is -3.32. The van der Waals surface area contributed by atoms with Crippen molar-refractivity contribution in [2.24, 2.45) is 0 Å². The molecule has 0 fully saturated rings. The highest BCUT2D eigenvalue weighted by atomic mass is 16.5. The SMILES string of the molecule is CCOC(=O)CCc1c(C)c2cc3c(c(C)c2oc1=O)OCN(CCc1ccc(OC)cc1)C3. The van der Waals surface area contributed by atoms with Gasteiger partial charge in [0.25, 0.3) is 0 Å². The third-order valence-electron chi connectivity index (χ3n) is 6.38. The van der Waals surface area contributed by atoms with Gasteiger partial charge >= 0.3 is 11.6 Å². The highest BCUT2D eigenvalue weighted by molar-refractivity contribution is 5.87. The number of aryl methyl sites for hydroxylation is 2. The van der Waals surface area contributed by atoms with E-state index >= 15 is 0 Å². The Labute approximate surface area is 199 Å². The van der Waals surface area contributed by atoms with E-state index in [0.29, 0.717) is 30.9 Å². The molecule has 34 heavy (non-hydrogen) atoms. The molecule has 0 spiro atoms. The topological polar surface area (TPSA) is 78.2 Å². The molecule has 0 saturated carbocycles. The van der Waals surface area contributed by atoms with Crippen molar-refractivity contribution in [2.75, 3.05) is 27.0 Å². The Morgan fingerprint density at radius 3 is 2.59 bits per heavy atom. The second kappa shape index (κ2) is 10.3. The second-order valence-electron chi connectivity index (χ2n) is 8.59. The van der Waals surface area contributed by atoms with Crippen molar-refractivity contribution < 1.29 is 23.4 Å². The van der Waals surface area contributed by atoms with Crippen LogP contribution in [-0.4, -0.2) is 37.9 Å². The molecule has 1 aliphatic rings. The van der Waals surface area contributed by atoms with Crippen molar-refractivity contribution in [3.05, 3.63) is 68.6 Å². The number of nitrogens with zero attached hydrogens (tertiary/aromatic N) is 1. The predicted molar refractivity (Wildman–Crippen MR) is 130 cm³/mol. The number of methoxy groups -OCH3 is 1. The van der Waals surface area contributed by atoms with Crippen molar-refractivity contribution in [2.45, 2.75) is 46.6 Å². The van der Waals surface area contributed by atoms with E-state index in [4.69, 9.17) is 18.6 Å². The zero-order valence-corrected chi connectivity index (χ0v) is 20.2. The van der Waals surface area contributed by atoms with Crippen LogP contribution < -0.4 is 15.1 Å². The maximum absolute atomic E-state index is 12.7. The van der Waals surface area contributed by atoms with Gasteiger partial charge < -0.3 is 18.6 Å². The molecule has 2 heterocycles. The minimum atomic E-state index is -0.408. The summed E-state index contributed by atoms with van der Waals surface area (Å²) in [6.45, 7) is 8.02. The molecule has 0 amide bonds. The van der Waals surface area contributed by atoms with Crippen LogP contribution in [0, 0.1) is 13.8 Å². The molecule has 3 aromatic rings. The molecule has 0 unspecified atom stereocenters.